The molecule has 1 N–H and O–H groups in total. The number of carboxylic acids is 1. The van der Waals surface area contributed by atoms with Gasteiger partial charge < -0.3 is 9.84 Å². The predicted molar refractivity (Wildman–Crippen MR) is 95.6 cm³/mol. The van der Waals surface area contributed by atoms with Crippen LogP contribution in [0.25, 0.3) is 11.3 Å². The fourth-order valence-corrected chi connectivity index (χ4v) is 3.11. The maximum Gasteiger partial charge on any atom is 0.303 e. The Morgan fingerprint density at radius 1 is 1.30 bits per heavy atom. The minimum absolute atomic E-state index is 0.0188. The smallest absolute Gasteiger partial charge is 0.303 e. The Morgan fingerprint density at radius 3 is 2.59 bits per heavy atom. The van der Waals surface area contributed by atoms with Gasteiger partial charge in [-0.2, -0.15) is 0 Å². The number of carboxylic acid groups (broad SMARTS) is 1. The lowest BCUT2D eigenvalue weighted by molar-refractivity contribution is -0.137. The Bertz CT molecular complexity index is 802. The first-order valence-electron chi connectivity index (χ1n) is 9.14. The second kappa shape index (κ2) is 8.41. The number of ether oxygens (including phenoxy) is 1. The first-order valence-corrected chi connectivity index (χ1v) is 9.14. The quantitative estimate of drug-likeness (QED) is 0.722. The molecule has 1 aliphatic rings. The zero-order valence-corrected chi connectivity index (χ0v) is 15.1. The molecule has 1 aromatic heterocycles. The molecule has 1 atom stereocenters. The van der Waals surface area contributed by atoms with Crippen LogP contribution >= 0.6 is 0 Å². The Hall–Kier alpha value is -2.57. The Labute approximate surface area is 156 Å². The number of halogens is 2. The van der Waals surface area contributed by atoms with Crippen LogP contribution in [0.4, 0.5) is 8.78 Å². The average molecular weight is 376 g/mol. The maximum atomic E-state index is 14.6. The molecule has 27 heavy (non-hydrogen) atoms. The van der Waals surface area contributed by atoms with E-state index in [0.29, 0.717) is 24.4 Å². The minimum Gasteiger partial charge on any atom is -0.481 e. The van der Waals surface area contributed by atoms with Gasteiger partial charge in [0.1, 0.15) is 17.7 Å². The molecule has 2 aromatic rings. The van der Waals surface area contributed by atoms with Crippen LogP contribution in [0.1, 0.15) is 56.9 Å². The van der Waals surface area contributed by atoms with Crippen molar-refractivity contribution in [2.45, 2.75) is 57.5 Å². The second-order valence-electron chi connectivity index (χ2n) is 6.95. The molecule has 1 saturated carbocycles. The van der Waals surface area contributed by atoms with Crippen molar-refractivity contribution >= 4 is 5.97 Å². The second-order valence-corrected chi connectivity index (χ2v) is 6.95. The molecule has 1 fully saturated rings. The molecule has 0 bridgehead atoms. The highest BCUT2D eigenvalue weighted by Gasteiger charge is 2.21. The third-order valence-electron chi connectivity index (χ3n) is 4.85. The number of hydrogen-bond acceptors (Lipinski definition) is 4. The molecule has 0 radical (unpaired) electrons. The van der Waals surface area contributed by atoms with E-state index in [-0.39, 0.29) is 23.7 Å². The van der Waals surface area contributed by atoms with Crippen molar-refractivity contribution in [1.82, 2.24) is 9.97 Å². The van der Waals surface area contributed by atoms with E-state index < -0.39 is 23.5 Å². The van der Waals surface area contributed by atoms with Crippen LogP contribution in [0.3, 0.4) is 0 Å². The number of hydrogen-bond donors (Lipinski definition) is 1. The third kappa shape index (κ3) is 4.78. The van der Waals surface area contributed by atoms with E-state index >= 15 is 0 Å². The van der Waals surface area contributed by atoms with E-state index in [0.717, 1.165) is 19.3 Å². The van der Waals surface area contributed by atoms with Crippen LogP contribution in [0, 0.1) is 11.6 Å². The molecule has 5 nitrogen and oxygen atoms in total. The van der Waals surface area contributed by atoms with Gasteiger partial charge >= 0.3 is 5.97 Å². The van der Waals surface area contributed by atoms with Crippen LogP contribution in [-0.2, 0) is 4.79 Å². The first kappa shape index (κ1) is 19.2. The summed E-state index contributed by atoms with van der Waals surface area (Å²) in [6, 6.07) is 2.48. The summed E-state index contributed by atoms with van der Waals surface area (Å²) in [4.78, 5) is 19.0. The van der Waals surface area contributed by atoms with Gasteiger partial charge in [0.15, 0.2) is 0 Å². The van der Waals surface area contributed by atoms with Crippen LogP contribution in [0.2, 0.25) is 0 Å². The highest BCUT2D eigenvalue weighted by atomic mass is 19.1. The summed E-state index contributed by atoms with van der Waals surface area (Å²) in [7, 11) is 0. The summed E-state index contributed by atoms with van der Waals surface area (Å²) in [6.07, 6.45) is 6.89. The summed E-state index contributed by atoms with van der Waals surface area (Å²) in [5.41, 5.74) is 0.603. The van der Waals surface area contributed by atoms with Crippen LogP contribution < -0.4 is 4.74 Å². The van der Waals surface area contributed by atoms with Crippen molar-refractivity contribution in [3.63, 3.8) is 0 Å². The van der Waals surface area contributed by atoms with E-state index in [1.807, 2.05) is 0 Å². The number of carbonyl (C=O) groups is 1. The van der Waals surface area contributed by atoms with Crippen molar-refractivity contribution in [1.29, 1.82) is 0 Å². The van der Waals surface area contributed by atoms with E-state index in [1.54, 1.807) is 6.92 Å². The molecule has 7 heteroatoms. The van der Waals surface area contributed by atoms with Gasteiger partial charge in [-0.15, -0.1) is 0 Å². The lowest BCUT2D eigenvalue weighted by Gasteiger charge is -2.25. The largest absolute Gasteiger partial charge is 0.481 e. The summed E-state index contributed by atoms with van der Waals surface area (Å²) in [6.45, 7) is 1.69. The molecular formula is C20H22F2N2O3. The van der Waals surface area contributed by atoms with E-state index in [1.165, 1.54) is 24.5 Å². The highest BCUT2D eigenvalue weighted by Crippen LogP contribution is 2.31. The lowest BCUT2D eigenvalue weighted by Crippen LogP contribution is -2.25. The fourth-order valence-electron chi connectivity index (χ4n) is 3.11. The van der Waals surface area contributed by atoms with E-state index in [9.17, 15) is 13.6 Å². The van der Waals surface area contributed by atoms with Gasteiger partial charge in [-0.25, -0.2) is 13.8 Å². The molecule has 0 saturated heterocycles. The first-order chi connectivity index (χ1) is 12.9. The Morgan fingerprint density at radius 2 is 2.00 bits per heavy atom. The van der Waals surface area contributed by atoms with Crippen molar-refractivity contribution < 1.29 is 23.4 Å². The van der Waals surface area contributed by atoms with E-state index in [4.69, 9.17) is 9.84 Å². The van der Waals surface area contributed by atoms with Crippen molar-refractivity contribution in [3.8, 4) is 17.1 Å². The predicted octanol–water partition coefficient (Wildman–Crippen LogP) is 4.71. The SMILES string of the molecule is CC(CCCC(=O)O)c1c(F)cc(-c2cncc(OC3CCC3)n2)cc1F. The maximum absolute atomic E-state index is 14.6. The van der Waals surface area contributed by atoms with Gasteiger partial charge in [-0.3, -0.25) is 9.78 Å². The molecule has 1 aromatic carbocycles. The zero-order chi connectivity index (χ0) is 19.4. The summed E-state index contributed by atoms with van der Waals surface area (Å²) in [5.74, 6) is -2.32. The number of aromatic nitrogens is 2. The Balaban J connectivity index is 1.77. The van der Waals surface area contributed by atoms with Gasteiger partial charge in [0.2, 0.25) is 5.88 Å². The molecule has 3 rings (SSSR count). The fraction of sp³-hybridized carbons (Fsp3) is 0.450. The molecular weight excluding hydrogens is 354 g/mol. The van der Waals surface area contributed by atoms with Crippen LogP contribution in [0.5, 0.6) is 5.88 Å². The number of nitrogens with zero attached hydrogens (tertiary/aromatic N) is 2. The highest BCUT2D eigenvalue weighted by molar-refractivity contribution is 5.66. The Kier molecular flexibility index (Phi) is 5.98. The van der Waals surface area contributed by atoms with Crippen molar-refractivity contribution in [3.05, 3.63) is 41.7 Å². The van der Waals surface area contributed by atoms with Gasteiger partial charge in [0.05, 0.1) is 18.1 Å². The lowest BCUT2D eigenvalue weighted by atomic mass is 9.93. The number of rotatable bonds is 8. The third-order valence-corrected chi connectivity index (χ3v) is 4.85. The van der Waals surface area contributed by atoms with Gasteiger partial charge in [-0.05, 0) is 50.2 Å². The summed E-state index contributed by atoms with van der Waals surface area (Å²) < 4.78 is 34.8. The monoisotopic (exact) mass is 376 g/mol. The van der Waals surface area contributed by atoms with Gasteiger partial charge in [-0.1, -0.05) is 6.92 Å². The van der Waals surface area contributed by atoms with Crippen molar-refractivity contribution in [2.24, 2.45) is 0 Å². The average Bonchev–Trinajstić information content (AvgIpc) is 2.57. The molecule has 0 amide bonds. The normalized spacial score (nSPS) is 15.2. The standard InChI is InChI=1S/C20H22F2N2O3/c1-12(4-2-7-19(25)26)20-15(21)8-13(9-16(20)22)17-10-23-11-18(24-17)27-14-5-3-6-14/h8-12,14H,2-7H2,1H3,(H,25,26). The number of aliphatic carboxylic acids is 1. The van der Waals surface area contributed by atoms with Crippen LogP contribution in [0.15, 0.2) is 24.5 Å². The van der Waals surface area contributed by atoms with Crippen LogP contribution in [-0.4, -0.2) is 27.1 Å². The topological polar surface area (TPSA) is 72.3 Å². The van der Waals surface area contributed by atoms with E-state index in [2.05, 4.69) is 9.97 Å². The molecule has 1 heterocycles. The van der Waals surface area contributed by atoms with Gasteiger partial charge in [0.25, 0.3) is 0 Å². The van der Waals surface area contributed by atoms with Gasteiger partial charge in [0, 0.05) is 17.5 Å². The van der Waals surface area contributed by atoms with Crippen molar-refractivity contribution in [2.75, 3.05) is 0 Å². The summed E-state index contributed by atoms with van der Waals surface area (Å²) in [5, 5.41) is 8.69. The summed E-state index contributed by atoms with van der Waals surface area (Å²) >= 11 is 0. The minimum atomic E-state index is -0.916. The zero-order valence-electron chi connectivity index (χ0n) is 15.1. The molecule has 144 valence electrons. The molecule has 1 unspecified atom stereocenters. The molecule has 0 spiro atoms. The number of benzene rings is 1. The molecule has 0 aliphatic heterocycles. The molecule has 1 aliphatic carbocycles.